The van der Waals surface area contributed by atoms with Crippen LogP contribution >= 0.6 is 0 Å². The van der Waals surface area contributed by atoms with Crippen LogP contribution in [-0.4, -0.2) is 18.4 Å². The van der Waals surface area contributed by atoms with Crippen LogP contribution in [0.4, 0.5) is 0 Å². The lowest BCUT2D eigenvalue weighted by Gasteiger charge is -2.31. The average molecular weight is 184 g/mol. The van der Waals surface area contributed by atoms with E-state index in [2.05, 4.69) is 6.92 Å². The van der Waals surface area contributed by atoms with Crippen molar-refractivity contribution in [3.63, 3.8) is 0 Å². The Kier molecular flexibility index (Phi) is 3.46. The van der Waals surface area contributed by atoms with E-state index in [0.29, 0.717) is 18.8 Å². The summed E-state index contributed by atoms with van der Waals surface area (Å²) in [5.41, 5.74) is 0. The second-order valence-electron chi connectivity index (χ2n) is 3.83. The van der Waals surface area contributed by atoms with Gasteiger partial charge in [0.05, 0.1) is 5.92 Å². The van der Waals surface area contributed by atoms with Crippen LogP contribution in [0.1, 0.15) is 33.1 Å². The maximum atomic E-state index is 11.2. The van der Waals surface area contributed by atoms with Crippen LogP contribution in [0.2, 0.25) is 0 Å². The molecule has 1 aliphatic heterocycles. The summed E-state index contributed by atoms with van der Waals surface area (Å²) in [4.78, 5) is 21.4. The minimum Gasteiger partial charge on any atom is -0.462 e. The van der Waals surface area contributed by atoms with E-state index in [1.165, 1.54) is 0 Å². The third-order valence-corrected chi connectivity index (χ3v) is 2.60. The monoisotopic (exact) mass is 184 g/mol. The number of carbonyl (C=O) groups excluding carboxylic acids is 2. The minimum absolute atomic E-state index is 0.0162. The van der Waals surface area contributed by atoms with Gasteiger partial charge in [-0.1, -0.05) is 13.8 Å². The lowest BCUT2D eigenvalue weighted by atomic mass is 9.88. The molecule has 0 aromatic heterocycles. The molecule has 1 aliphatic rings. The van der Waals surface area contributed by atoms with Crippen molar-refractivity contribution in [2.75, 3.05) is 0 Å². The van der Waals surface area contributed by atoms with Crippen LogP contribution in [0, 0.1) is 11.8 Å². The SMILES string of the molecule is C[C@@H]1C[C@@H](C)[C@H](CCC=O)OC1=O. The lowest BCUT2D eigenvalue weighted by molar-refractivity contribution is -0.164. The molecule has 0 spiro atoms. The highest BCUT2D eigenvalue weighted by Crippen LogP contribution is 2.27. The van der Waals surface area contributed by atoms with Gasteiger partial charge in [0, 0.05) is 6.42 Å². The van der Waals surface area contributed by atoms with Crippen molar-refractivity contribution in [2.24, 2.45) is 11.8 Å². The van der Waals surface area contributed by atoms with E-state index in [-0.39, 0.29) is 18.0 Å². The highest BCUT2D eigenvalue weighted by atomic mass is 16.5. The van der Waals surface area contributed by atoms with Gasteiger partial charge in [-0.15, -0.1) is 0 Å². The summed E-state index contributed by atoms with van der Waals surface area (Å²) in [5, 5.41) is 0. The van der Waals surface area contributed by atoms with E-state index in [9.17, 15) is 9.59 Å². The Labute approximate surface area is 78.5 Å². The number of carbonyl (C=O) groups is 2. The summed E-state index contributed by atoms with van der Waals surface area (Å²) in [6.45, 7) is 3.95. The minimum atomic E-state index is -0.117. The summed E-state index contributed by atoms with van der Waals surface area (Å²) in [6, 6.07) is 0. The molecule has 0 aromatic rings. The molecule has 3 heteroatoms. The van der Waals surface area contributed by atoms with Gasteiger partial charge >= 0.3 is 5.97 Å². The first-order chi connectivity index (χ1) is 6.15. The maximum Gasteiger partial charge on any atom is 0.308 e. The van der Waals surface area contributed by atoms with E-state index < -0.39 is 0 Å². The molecule has 1 heterocycles. The quantitative estimate of drug-likeness (QED) is 0.493. The molecule has 1 fully saturated rings. The van der Waals surface area contributed by atoms with Gasteiger partial charge in [-0.3, -0.25) is 4.79 Å². The zero-order valence-corrected chi connectivity index (χ0v) is 8.16. The Morgan fingerprint density at radius 1 is 1.54 bits per heavy atom. The molecule has 3 atom stereocenters. The van der Waals surface area contributed by atoms with Gasteiger partial charge in [0.25, 0.3) is 0 Å². The summed E-state index contributed by atoms with van der Waals surface area (Å²) in [6.07, 6.45) is 2.86. The van der Waals surface area contributed by atoms with Crippen LogP contribution in [-0.2, 0) is 14.3 Å². The molecule has 0 aliphatic carbocycles. The van der Waals surface area contributed by atoms with Gasteiger partial charge in [-0.05, 0) is 18.8 Å². The predicted molar refractivity (Wildman–Crippen MR) is 48.1 cm³/mol. The first kappa shape index (κ1) is 10.2. The molecule has 0 aromatic carbocycles. The van der Waals surface area contributed by atoms with E-state index in [0.717, 1.165) is 12.7 Å². The third-order valence-electron chi connectivity index (χ3n) is 2.60. The van der Waals surface area contributed by atoms with E-state index in [1.54, 1.807) is 0 Å². The highest BCUT2D eigenvalue weighted by Gasteiger charge is 2.31. The molecule has 1 saturated heterocycles. The molecule has 13 heavy (non-hydrogen) atoms. The fourth-order valence-corrected chi connectivity index (χ4v) is 1.76. The summed E-state index contributed by atoms with van der Waals surface area (Å²) in [7, 11) is 0. The fraction of sp³-hybridized carbons (Fsp3) is 0.800. The van der Waals surface area contributed by atoms with Gasteiger partial charge in [-0.2, -0.15) is 0 Å². The van der Waals surface area contributed by atoms with E-state index in [1.807, 2.05) is 6.92 Å². The topological polar surface area (TPSA) is 43.4 Å². The Hall–Kier alpha value is -0.860. The van der Waals surface area contributed by atoms with Gasteiger partial charge in [-0.25, -0.2) is 0 Å². The number of cyclic esters (lactones) is 1. The molecule has 0 radical (unpaired) electrons. The zero-order valence-electron chi connectivity index (χ0n) is 8.16. The standard InChI is InChI=1S/C10H16O3/c1-7-6-8(2)10(12)13-9(7)4-3-5-11/h5,7-9H,3-4,6H2,1-2H3/t7-,8-,9+/m1/s1. The predicted octanol–water partition coefficient (Wildman–Crippen LogP) is 1.55. The average Bonchev–Trinajstić information content (AvgIpc) is 2.09. The largest absolute Gasteiger partial charge is 0.462 e. The Balaban J connectivity index is 2.46. The highest BCUT2D eigenvalue weighted by molar-refractivity contribution is 5.73. The van der Waals surface area contributed by atoms with Crippen molar-refractivity contribution in [2.45, 2.75) is 39.2 Å². The smallest absolute Gasteiger partial charge is 0.308 e. The van der Waals surface area contributed by atoms with Gasteiger partial charge in [0.15, 0.2) is 0 Å². The summed E-state index contributed by atoms with van der Waals surface area (Å²) < 4.78 is 5.22. The zero-order chi connectivity index (χ0) is 9.84. The molecule has 0 saturated carbocycles. The molecule has 0 bridgehead atoms. The number of hydrogen-bond donors (Lipinski definition) is 0. The number of rotatable bonds is 3. The Morgan fingerprint density at radius 2 is 2.23 bits per heavy atom. The number of hydrogen-bond acceptors (Lipinski definition) is 3. The summed E-state index contributed by atoms with van der Waals surface area (Å²) in [5.74, 6) is 0.282. The van der Waals surface area contributed by atoms with Crippen LogP contribution in [0.25, 0.3) is 0 Å². The van der Waals surface area contributed by atoms with Gasteiger partial charge in [0.1, 0.15) is 12.4 Å². The first-order valence-corrected chi connectivity index (χ1v) is 4.79. The van der Waals surface area contributed by atoms with Crippen molar-refractivity contribution < 1.29 is 14.3 Å². The molecular formula is C10H16O3. The number of aldehydes is 1. The van der Waals surface area contributed by atoms with Crippen LogP contribution in [0.5, 0.6) is 0 Å². The molecule has 74 valence electrons. The first-order valence-electron chi connectivity index (χ1n) is 4.79. The Morgan fingerprint density at radius 3 is 2.85 bits per heavy atom. The van der Waals surface area contributed by atoms with Crippen molar-refractivity contribution in [1.82, 2.24) is 0 Å². The van der Waals surface area contributed by atoms with E-state index >= 15 is 0 Å². The lowest BCUT2D eigenvalue weighted by Crippen LogP contribution is -2.35. The molecule has 3 nitrogen and oxygen atoms in total. The molecule has 0 unspecified atom stereocenters. The van der Waals surface area contributed by atoms with Crippen LogP contribution in [0.15, 0.2) is 0 Å². The van der Waals surface area contributed by atoms with Gasteiger partial charge < -0.3 is 9.53 Å². The normalized spacial score (nSPS) is 34.0. The van der Waals surface area contributed by atoms with Gasteiger partial charge in [0.2, 0.25) is 0 Å². The van der Waals surface area contributed by atoms with E-state index in [4.69, 9.17) is 4.74 Å². The van der Waals surface area contributed by atoms with Crippen molar-refractivity contribution >= 4 is 12.3 Å². The van der Waals surface area contributed by atoms with Crippen molar-refractivity contribution in [1.29, 1.82) is 0 Å². The van der Waals surface area contributed by atoms with Crippen molar-refractivity contribution in [3.8, 4) is 0 Å². The van der Waals surface area contributed by atoms with Crippen molar-refractivity contribution in [3.05, 3.63) is 0 Å². The second-order valence-corrected chi connectivity index (χ2v) is 3.83. The number of esters is 1. The molecule has 1 rings (SSSR count). The summed E-state index contributed by atoms with van der Waals surface area (Å²) >= 11 is 0. The van der Waals surface area contributed by atoms with Crippen LogP contribution in [0.3, 0.4) is 0 Å². The second kappa shape index (κ2) is 4.40. The fourth-order valence-electron chi connectivity index (χ4n) is 1.76. The maximum absolute atomic E-state index is 11.2. The molecule has 0 amide bonds. The molecule has 0 N–H and O–H groups in total. The van der Waals surface area contributed by atoms with Crippen LogP contribution < -0.4 is 0 Å². The number of ether oxygens (including phenoxy) is 1. The Bertz CT molecular complexity index is 200. The third kappa shape index (κ3) is 2.54. The molecular weight excluding hydrogens is 168 g/mol.